The van der Waals surface area contributed by atoms with E-state index < -0.39 is 5.97 Å². The maximum atomic E-state index is 13.1. The standard InChI is InChI=1S/C21H30N2O4S/c1-12-7-8-15-16(9-12)28-21(23-17(24)10-13(2)11-18(25)26)19(15)20(27)22-14-5-3-4-6-14/h12-14H,3-11H2,1-2H3,(H,22,27)(H,23,24)(H,25,26)/t12-,13-/m0/s1. The lowest BCUT2D eigenvalue weighted by molar-refractivity contribution is -0.138. The highest BCUT2D eigenvalue weighted by Crippen LogP contribution is 2.40. The van der Waals surface area contributed by atoms with Gasteiger partial charge in [-0.1, -0.05) is 26.7 Å². The molecule has 3 N–H and O–H groups in total. The lowest BCUT2D eigenvalue weighted by Gasteiger charge is -2.19. The summed E-state index contributed by atoms with van der Waals surface area (Å²) in [5.41, 5.74) is 1.73. The van der Waals surface area contributed by atoms with E-state index in [1.165, 1.54) is 16.2 Å². The number of nitrogens with one attached hydrogen (secondary N) is 2. The average molecular weight is 407 g/mol. The van der Waals surface area contributed by atoms with E-state index in [-0.39, 0.29) is 36.6 Å². The molecule has 0 aliphatic heterocycles. The van der Waals surface area contributed by atoms with Gasteiger partial charge < -0.3 is 15.7 Å². The van der Waals surface area contributed by atoms with Crippen LogP contribution in [0.25, 0.3) is 0 Å². The van der Waals surface area contributed by atoms with E-state index in [4.69, 9.17) is 5.11 Å². The molecule has 1 aromatic rings. The number of aliphatic carboxylic acids is 1. The molecular weight excluding hydrogens is 376 g/mol. The Morgan fingerprint density at radius 2 is 1.89 bits per heavy atom. The van der Waals surface area contributed by atoms with Crippen LogP contribution in [0.15, 0.2) is 0 Å². The van der Waals surface area contributed by atoms with Gasteiger partial charge in [0.25, 0.3) is 5.91 Å². The summed E-state index contributed by atoms with van der Waals surface area (Å²) in [6.07, 6.45) is 7.28. The first kappa shape index (κ1) is 20.8. The van der Waals surface area contributed by atoms with Crippen LogP contribution in [0.5, 0.6) is 0 Å². The smallest absolute Gasteiger partial charge is 0.303 e. The zero-order valence-electron chi connectivity index (χ0n) is 16.7. The molecular formula is C21H30N2O4S. The average Bonchev–Trinajstić information content (AvgIpc) is 3.20. The van der Waals surface area contributed by atoms with Crippen molar-refractivity contribution in [2.24, 2.45) is 11.8 Å². The molecule has 1 heterocycles. The normalized spacial score (nSPS) is 20.4. The Morgan fingerprint density at radius 3 is 2.57 bits per heavy atom. The molecule has 1 fully saturated rings. The third kappa shape index (κ3) is 5.13. The second-order valence-electron chi connectivity index (χ2n) is 8.47. The van der Waals surface area contributed by atoms with Crippen molar-refractivity contribution in [2.45, 2.75) is 77.7 Å². The predicted octanol–water partition coefficient (Wildman–Crippen LogP) is 3.98. The van der Waals surface area contributed by atoms with Gasteiger partial charge in [0.2, 0.25) is 5.91 Å². The summed E-state index contributed by atoms with van der Waals surface area (Å²) < 4.78 is 0. The van der Waals surface area contributed by atoms with Crippen molar-refractivity contribution >= 4 is 34.1 Å². The molecule has 1 saturated carbocycles. The lowest BCUT2D eigenvalue weighted by Crippen LogP contribution is -2.33. The van der Waals surface area contributed by atoms with Gasteiger partial charge in [-0.3, -0.25) is 14.4 Å². The van der Waals surface area contributed by atoms with Gasteiger partial charge in [-0.25, -0.2) is 0 Å². The van der Waals surface area contributed by atoms with Crippen LogP contribution >= 0.6 is 11.3 Å². The van der Waals surface area contributed by atoms with E-state index in [1.54, 1.807) is 6.92 Å². The first-order valence-corrected chi connectivity index (χ1v) is 11.1. The van der Waals surface area contributed by atoms with Gasteiger partial charge in [-0.2, -0.15) is 0 Å². The number of carboxylic acid groups (broad SMARTS) is 1. The van der Waals surface area contributed by atoms with Gasteiger partial charge in [-0.15, -0.1) is 11.3 Å². The van der Waals surface area contributed by atoms with Crippen molar-refractivity contribution in [1.82, 2.24) is 5.32 Å². The number of rotatable bonds is 7. The van der Waals surface area contributed by atoms with Crippen LogP contribution in [0.4, 0.5) is 5.00 Å². The van der Waals surface area contributed by atoms with Crippen LogP contribution in [0, 0.1) is 11.8 Å². The molecule has 0 bridgehead atoms. The van der Waals surface area contributed by atoms with Crippen molar-refractivity contribution in [3.8, 4) is 0 Å². The van der Waals surface area contributed by atoms with Gasteiger partial charge in [0.05, 0.1) is 5.56 Å². The van der Waals surface area contributed by atoms with E-state index in [9.17, 15) is 14.4 Å². The van der Waals surface area contributed by atoms with Crippen LogP contribution < -0.4 is 10.6 Å². The molecule has 0 aromatic carbocycles. The summed E-state index contributed by atoms with van der Waals surface area (Å²) >= 11 is 1.51. The van der Waals surface area contributed by atoms with E-state index in [0.717, 1.165) is 50.5 Å². The van der Waals surface area contributed by atoms with E-state index in [2.05, 4.69) is 17.6 Å². The summed E-state index contributed by atoms with van der Waals surface area (Å²) in [4.78, 5) is 37.6. The molecule has 28 heavy (non-hydrogen) atoms. The molecule has 1 aromatic heterocycles. The number of amides is 2. The Kier molecular flexibility index (Phi) is 6.75. The maximum Gasteiger partial charge on any atom is 0.303 e. The molecule has 2 amide bonds. The first-order chi connectivity index (χ1) is 13.3. The number of hydrogen-bond acceptors (Lipinski definition) is 4. The van der Waals surface area contributed by atoms with Crippen LogP contribution in [-0.4, -0.2) is 28.9 Å². The topological polar surface area (TPSA) is 95.5 Å². The monoisotopic (exact) mass is 406 g/mol. The fraction of sp³-hybridized carbons (Fsp3) is 0.667. The Bertz CT molecular complexity index is 752. The fourth-order valence-electron chi connectivity index (χ4n) is 4.27. The molecule has 7 heteroatoms. The van der Waals surface area contributed by atoms with Gasteiger partial charge in [0.15, 0.2) is 0 Å². The Morgan fingerprint density at radius 1 is 1.18 bits per heavy atom. The molecule has 6 nitrogen and oxygen atoms in total. The van der Waals surface area contributed by atoms with Crippen molar-refractivity contribution in [2.75, 3.05) is 5.32 Å². The second kappa shape index (κ2) is 9.07. The second-order valence-corrected chi connectivity index (χ2v) is 9.57. The van der Waals surface area contributed by atoms with E-state index in [0.29, 0.717) is 16.5 Å². The summed E-state index contributed by atoms with van der Waals surface area (Å²) in [6.45, 7) is 3.97. The Hall–Kier alpha value is -1.89. The van der Waals surface area contributed by atoms with Crippen LogP contribution in [0.2, 0.25) is 0 Å². The number of hydrogen-bond donors (Lipinski definition) is 3. The third-order valence-electron chi connectivity index (χ3n) is 5.74. The number of carboxylic acids is 1. The quantitative estimate of drug-likeness (QED) is 0.638. The zero-order chi connectivity index (χ0) is 20.3. The van der Waals surface area contributed by atoms with Gasteiger partial charge in [-0.05, 0) is 49.5 Å². The maximum absolute atomic E-state index is 13.1. The molecule has 154 valence electrons. The Labute approximate surface area is 170 Å². The number of carbonyl (C=O) groups is 3. The van der Waals surface area contributed by atoms with Crippen molar-refractivity contribution < 1.29 is 19.5 Å². The number of anilines is 1. The fourth-order valence-corrected chi connectivity index (χ4v) is 5.70. The molecule has 2 aliphatic rings. The molecule has 2 atom stereocenters. The molecule has 0 radical (unpaired) electrons. The van der Waals surface area contributed by atoms with Gasteiger partial charge in [0.1, 0.15) is 5.00 Å². The highest BCUT2D eigenvalue weighted by molar-refractivity contribution is 7.17. The lowest BCUT2D eigenvalue weighted by atomic mass is 9.88. The van der Waals surface area contributed by atoms with Crippen molar-refractivity contribution in [1.29, 1.82) is 0 Å². The summed E-state index contributed by atoms with van der Waals surface area (Å²) in [7, 11) is 0. The van der Waals surface area contributed by atoms with Crippen molar-refractivity contribution in [3.05, 3.63) is 16.0 Å². The van der Waals surface area contributed by atoms with Crippen molar-refractivity contribution in [3.63, 3.8) is 0 Å². The highest BCUT2D eigenvalue weighted by Gasteiger charge is 2.30. The third-order valence-corrected chi connectivity index (χ3v) is 6.91. The highest BCUT2D eigenvalue weighted by atomic mass is 32.1. The largest absolute Gasteiger partial charge is 0.481 e. The SMILES string of the molecule is C[C@H](CC(=O)O)CC(=O)Nc1sc2c(c1C(=O)NC1CCCC1)CC[C@H](C)C2. The Balaban J connectivity index is 1.78. The molecule has 2 aliphatic carbocycles. The van der Waals surface area contributed by atoms with Crippen LogP contribution in [0.3, 0.4) is 0 Å². The molecule has 0 unspecified atom stereocenters. The number of thiophene rings is 1. The van der Waals surface area contributed by atoms with Crippen LogP contribution in [0.1, 0.15) is 79.6 Å². The minimum atomic E-state index is -0.905. The summed E-state index contributed by atoms with van der Waals surface area (Å²) in [5, 5.41) is 15.6. The summed E-state index contributed by atoms with van der Waals surface area (Å²) in [6, 6.07) is 0.227. The first-order valence-electron chi connectivity index (χ1n) is 10.3. The number of carbonyl (C=O) groups excluding carboxylic acids is 2. The predicted molar refractivity (Wildman–Crippen MR) is 110 cm³/mol. The zero-order valence-corrected chi connectivity index (χ0v) is 17.5. The molecule has 0 spiro atoms. The molecule has 3 rings (SSSR count). The minimum absolute atomic E-state index is 0.0408. The van der Waals surface area contributed by atoms with Gasteiger partial charge >= 0.3 is 5.97 Å². The van der Waals surface area contributed by atoms with Gasteiger partial charge in [0, 0.05) is 23.8 Å². The summed E-state index contributed by atoms with van der Waals surface area (Å²) in [5.74, 6) is -0.875. The van der Waals surface area contributed by atoms with E-state index >= 15 is 0 Å². The molecule has 0 saturated heterocycles. The number of fused-ring (bicyclic) bond motifs is 1. The van der Waals surface area contributed by atoms with Crippen LogP contribution in [-0.2, 0) is 22.4 Å². The van der Waals surface area contributed by atoms with E-state index in [1.807, 2.05) is 0 Å². The minimum Gasteiger partial charge on any atom is -0.481 e.